The van der Waals surface area contributed by atoms with Gasteiger partial charge in [-0.2, -0.15) is 0 Å². The average molecular weight is 494 g/mol. The smallest absolute Gasteiger partial charge is 0.283 e. The van der Waals surface area contributed by atoms with Crippen LogP contribution < -0.4 is 15.5 Å². The van der Waals surface area contributed by atoms with Crippen molar-refractivity contribution in [2.75, 3.05) is 15.5 Å². The van der Waals surface area contributed by atoms with E-state index in [2.05, 4.69) is 10.6 Å². The molecule has 0 aromatic heterocycles. The van der Waals surface area contributed by atoms with E-state index in [1.807, 2.05) is 32.0 Å². The molecule has 0 fully saturated rings. The highest BCUT2D eigenvalue weighted by Gasteiger charge is 2.39. The summed E-state index contributed by atoms with van der Waals surface area (Å²) in [6.07, 6.45) is 0. The third-order valence-electron chi connectivity index (χ3n) is 5.69. The molecule has 0 radical (unpaired) electrons. The maximum absolute atomic E-state index is 13.1. The van der Waals surface area contributed by atoms with Crippen LogP contribution >= 0.6 is 23.2 Å². The average Bonchev–Trinajstić information content (AvgIpc) is 3.02. The zero-order valence-corrected chi connectivity index (χ0v) is 20.2. The zero-order valence-electron chi connectivity index (χ0n) is 18.7. The molecule has 1 heterocycles. The number of rotatable bonds is 5. The van der Waals surface area contributed by atoms with E-state index >= 15 is 0 Å². The Morgan fingerprint density at radius 1 is 0.853 bits per heavy atom. The van der Waals surface area contributed by atoms with Crippen LogP contribution in [-0.4, -0.2) is 17.7 Å². The van der Waals surface area contributed by atoms with Crippen LogP contribution in [0.2, 0.25) is 5.02 Å². The Hall–Kier alpha value is -3.61. The number of anilines is 3. The number of benzene rings is 3. The van der Waals surface area contributed by atoms with Crippen LogP contribution in [0.4, 0.5) is 17.1 Å². The molecule has 172 valence electrons. The lowest BCUT2D eigenvalue weighted by Crippen LogP contribution is -2.32. The molecule has 0 atom stereocenters. The van der Waals surface area contributed by atoms with Crippen molar-refractivity contribution in [1.29, 1.82) is 0 Å². The fourth-order valence-electron chi connectivity index (χ4n) is 3.62. The Bertz CT molecular complexity index is 1380. The molecule has 0 unspecified atom stereocenters. The molecule has 0 spiro atoms. The number of carbonyl (C=O) groups excluding carboxylic acids is 3. The molecule has 8 heteroatoms. The van der Waals surface area contributed by atoms with Crippen LogP contribution in [0.5, 0.6) is 0 Å². The van der Waals surface area contributed by atoms with Gasteiger partial charge < -0.3 is 10.6 Å². The van der Waals surface area contributed by atoms with E-state index in [0.717, 1.165) is 21.7 Å². The van der Waals surface area contributed by atoms with E-state index in [9.17, 15) is 14.4 Å². The highest BCUT2D eigenvalue weighted by molar-refractivity contribution is 6.53. The summed E-state index contributed by atoms with van der Waals surface area (Å²) in [7, 11) is 0. The minimum absolute atomic E-state index is 0.0712. The molecule has 3 amide bonds. The number of halogens is 2. The summed E-state index contributed by atoms with van der Waals surface area (Å²) in [5.74, 6) is -1.56. The predicted octanol–water partition coefficient (Wildman–Crippen LogP) is 5.95. The van der Waals surface area contributed by atoms with Crippen molar-refractivity contribution in [3.8, 4) is 0 Å². The largest absolute Gasteiger partial charge is 0.350 e. The Morgan fingerprint density at radius 2 is 1.59 bits per heavy atom. The van der Waals surface area contributed by atoms with Crippen LogP contribution in [-0.2, 0) is 9.59 Å². The molecule has 0 saturated carbocycles. The van der Waals surface area contributed by atoms with E-state index in [1.54, 1.807) is 43.3 Å². The summed E-state index contributed by atoms with van der Waals surface area (Å²) in [6.45, 7) is 5.68. The number of hydrogen-bond acceptors (Lipinski definition) is 4. The van der Waals surface area contributed by atoms with Gasteiger partial charge in [0.25, 0.3) is 17.7 Å². The quantitative estimate of drug-likeness (QED) is 0.430. The van der Waals surface area contributed by atoms with E-state index in [0.29, 0.717) is 27.5 Å². The second-order valence-corrected chi connectivity index (χ2v) is 8.79. The summed E-state index contributed by atoms with van der Waals surface area (Å²) in [6, 6.07) is 17.2. The molecule has 4 rings (SSSR count). The minimum Gasteiger partial charge on any atom is -0.350 e. The molecule has 0 aliphatic carbocycles. The molecule has 1 aliphatic rings. The Kier molecular flexibility index (Phi) is 6.46. The number of hydrogen-bond donors (Lipinski definition) is 2. The molecule has 3 aromatic rings. The first-order valence-electron chi connectivity index (χ1n) is 10.5. The van der Waals surface area contributed by atoms with Gasteiger partial charge in [-0.3, -0.25) is 14.4 Å². The van der Waals surface area contributed by atoms with Crippen LogP contribution in [0.25, 0.3) is 0 Å². The molecule has 34 heavy (non-hydrogen) atoms. The van der Waals surface area contributed by atoms with Crippen molar-refractivity contribution < 1.29 is 14.4 Å². The highest BCUT2D eigenvalue weighted by atomic mass is 35.5. The number of nitrogens with zero attached hydrogens (tertiary/aromatic N) is 1. The van der Waals surface area contributed by atoms with Gasteiger partial charge in [0.1, 0.15) is 10.7 Å². The number of nitrogens with one attached hydrogen (secondary N) is 2. The SMILES string of the molecule is Cc1ccc(Cl)cc1N1C(=O)C(Cl)=C(Nc2cccc(C(=O)Nc3cccc(C)c3C)c2)C1=O. The third-order valence-corrected chi connectivity index (χ3v) is 6.27. The summed E-state index contributed by atoms with van der Waals surface area (Å²) in [5.41, 5.74) is 4.57. The fraction of sp³-hybridized carbons (Fsp3) is 0.115. The summed E-state index contributed by atoms with van der Waals surface area (Å²) in [5, 5.41) is 5.96. The molecule has 2 N–H and O–H groups in total. The second kappa shape index (κ2) is 9.33. The summed E-state index contributed by atoms with van der Waals surface area (Å²) < 4.78 is 0. The van der Waals surface area contributed by atoms with E-state index in [-0.39, 0.29) is 16.6 Å². The van der Waals surface area contributed by atoms with Crippen molar-refractivity contribution in [1.82, 2.24) is 0 Å². The van der Waals surface area contributed by atoms with Crippen molar-refractivity contribution in [3.63, 3.8) is 0 Å². The highest BCUT2D eigenvalue weighted by Crippen LogP contribution is 2.33. The Balaban J connectivity index is 1.57. The molecule has 0 bridgehead atoms. The number of amides is 3. The van der Waals surface area contributed by atoms with Gasteiger partial charge in [0.2, 0.25) is 0 Å². The van der Waals surface area contributed by atoms with Crippen LogP contribution in [0, 0.1) is 20.8 Å². The topological polar surface area (TPSA) is 78.5 Å². The van der Waals surface area contributed by atoms with Gasteiger partial charge >= 0.3 is 0 Å². The van der Waals surface area contributed by atoms with Gasteiger partial charge in [-0.1, -0.05) is 47.5 Å². The van der Waals surface area contributed by atoms with Crippen molar-refractivity contribution in [2.45, 2.75) is 20.8 Å². The third kappa shape index (κ3) is 4.42. The lowest BCUT2D eigenvalue weighted by molar-refractivity contribution is -0.120. The molecule has 6 nitrogen and oxygen atoms in total. The lowest BCUT2D eigenvalue weighted by atomic mass is 10.1. The number of imide groups is 1. The van der Waals surface area contributed by atoms with E-state index in [1.165, 1.54) is 6.07 Å². The van der Waals surface area contributed by atoms with Gasteiger partial charge in [0.15, 0.2) is 0 Å². The van der Waals surface area contributed by atoms with Gasteiger partial charge in [0, 0.05) is 22.0 Å². The monoisotopic (exact) mass is 493 g/mol. The Labute approximate surface area is 207 Å². The lowest BCUT2D eigenvalue weighted by Gasteiger charge is -2.18. The van der Waals surface area contributed by atoms with Crippen LogP contribution in [0.3, 0.4) is 0 Å². The predicted molar refractivity (Wildman–Crippen MR) is 135 cm³/mol. The van der Waals surface area contributed by atoms with Gasteiger partial charge in [-0.15, -0.1) is 0 Å². The maximum atomic E-state index is 13.1. The molecular formula is C26H21Cl2N3O3. The Morgan fingerprint density at radius 3 is 2.35 bits per heavy atom. The van der Waals surface area contributed by atoms with Crippen LogP contribution in [0.1, 0.15) is 27.0 Å². The zero-order chi connectivity index (χ0) is 24.6. The summed E-state index contributed by atoms with van der Waals surface area (Å²) in [4.78, 5) is 39.7. The molecule has 1 aliphatic heterocycles. The first-order chi connectivity index (χ1) is 16.2. The van der Waals surface area contributed by atoms with Crippen molar-refractivity contribution >= 4 is 58.0 Å². The standard InChI is InChI=1S/C26H21Cl2N3O3/c1-14-6-4-9-20(16(14)3)30-24(32)17-7-5-8-19(12-17)29-23-22(28)25(33)31(26(23)34)21-13-18(27)11-10-15(21)2/h4-13,29H,1-3H3,(H,30,32). The van der Waals surface area contributed by atoms with E-state index < -0.39 is 11.8 Å². The number of aryl methyl sites for hydroxylation is 2. The van der Waals surface area contributed by atoms with Gasteiger partial charge in [-0.05, 0) is 73.9 Å². The van der Waals surface area contributed by atoms with Crippen molar-refractivity contribution in [3.05, 3.63) is 98.7 Å². The molecule has 3 aromatic carbocycles. The fourth-order valence-corrected chi connectivity index (χ4v) is 4.00. The summed E-state index contributed by atoms with van der Waals surface area (Å²) >= 11 is 12.3. The first kappa shape index (κ1) is 23.5. The van der Waals surface area contributed by atoms with Crippen LogP contribution in [0.15, 0.2) is 71.4 Å². The minimum atomic E-state index is -0.650. The normalized spacial score (nSPS) is 13.5. The molecule has 0 saturated heterocycles. The van der Waals surface area contributed by atoms with Gasteiger partial charge in [-0.25, -0.2) is 4.90 Å². The second-order valence-electron chi connectivity index (χ2n) is 7.97. The van der Waals surface area contributed by atoms with Gasteiger partial charge in [0.05, 0.1) is 5.69 Å². The first-order valence-corrected chi connectivity index (χ1v) is 11.2. The maximum Gasteiger partial charge on any atom is 0.283 e. The van der Waals surface area contributed by atoms with Crippen molar-refractivity contribution in [2.24, 2.45) is 0 Å². The van der Waals surface area contributed by atoms with E-state index in [4.69, 9.17) is 23.2 Å². The molecular weight excluding hydrogens is 473 g/mol. The number of carbonyl (C=O) groups is 3.